The van der Waals surface area contributed by atoms with Crippen LogP contribution in [0, 0.1) is 13.8 Å². The van der Waals surface area contributed by atoms with Crippen molar-refractivity contribution in [3.8, 4) is 11.5 Å². The first-order valence-corrected chi connectivity index (χ1v) is 7.10. The summed E-state index contributed by atoms with van der Waals surface area (Å²) in [6, 6.07) is 5.82. The first-order valence-electron chi connectivity index (χ1n) is 7.10. The van der Waals surface area contributed by atoms with Gasteiger partial charge < -0.3 is 23.0 Å². The Kier molecular flexibility index (Phi) is 5.99. The van der Waals surface area contributed by atoms with Crippen molar-refractivity contribution in [1.82, 2.24) is 0 Å². The SMILES string of the molecule is Cc1cc(OCCOCCOc2cc(C)oc(=O)c2)cc(=O)o1. The van der Waals surface area contributed by atoms with Crippen LogP contribution in [-0.2, 0) is 4.74 Å². The van der Waals surface area contributed by atoms with Gasteiger partial charge in [0.1, 0.15) is 36.2 Å². The molecule has 0 radical (unpaired) electrons. The summed E-state index contributed by atoms with van der Waals surface area (Å²) < 4.78 is 25.8. The Hall–Kier alpha value is -2.54. The summed E-state index contributed by atoms with van der Waals surface area (Å²) in [5.74, 6) is 1.88. The van der Waals surface area contributed by atoms with Crippen molar-refractivity contribution in [3.05, 3.63) is 56.6 Å². The molecule has 7 heteroatoms. The van der Waals surface area contributed by atoms with E-state index < -0.39 is 11.3 Å². The highest BCUT2D eigenvalue weighted by Crippen LogP contribution is 2.10. The van der Waals surface area contributed by atoms with E-state index in [9.17, 15) is 9.59 Å². The number of aryl methyl sites for hydroxylation is 2. The van der Waals surface area contributed by atoms with Crippen LogP contribution in [0.4, 0.5) is 0 Å². The highest BCUT2D eigenvalue weighted by atomic mass is 16.5. The number of hydrogen-bond donors (Lipinski definition) is 0. The van der Waals surface area contributed by atoms with Gasteiger partial charge in [-0.05, 0) is 13.8 Å². The number of rotatable bonds is 8. The van der Waals surface area contributed by atoms with Gasteiger partial charge in [-0.3, -0.25) is 0 Å². The van der Waals surface area contributed by atoms with E-state index >= 15 is 0 Å². The van der Waals surface area contributed by atoms with E-state index in [0.29, 0.717) is 49.4 Å². The fourth-order valence-corrected chi connectivity index (χ4v) is 1.86. The molecule has 0 spiro atoms. The fourth-order valence-electron chi connectivity index (χ4n) is 1.86. The second kappa shape index (κ2) is 8.19. The second-order valence-electron chi connectivity index (χ2n) is 4.75. The molecule has 0 fully saturated rings. The summed E-state index contributed by atoms with van der Waals surface area (Å²) in [4.78, 5) is 22.3. The lowest BCUT2D eigenvalue weighted by Gasteiger charge is -2.08. The molecule has 0 amide bonds. The van der Waals surface area contributed by atoms with E-state index in [2.05, 4.69) is 0 Å². The molecule has 0 aliphatic heterocycles. The lowest BCUT2D eigenvalue weighted by atomic mass is 10.4. The maximum Gasteiger partial charge on any atom is 0.339 e. The van der Waals surface area contributed by atoms with Gasteiger partial charge in [-0.2, -0.15) is 0 Å². The predicted molar refractivity (Wildman–Crippen MR) is 81.2 cm³/mol. The minimum absolute atomic E-state index is 0.303. The van der Waals surface area contributed by atoms with Crippen molar-refractivity contribution in [2.75, 3.05) is 26.4 Å². The van der Waals surface area contributed by atoms with Crippen LogP contribution in [0.5, 0.6) is 11.5 Å². The Labute approximate surface area is 132 Å². The van der Waals surface area contributed by atoms with E-state index in [0.717, 1.165) is 0 Å². The van der Waals surface area contributed by atoms with Gasteiger partial charge in [-0.15, -0.1) is 0 Å². The minimum atomic E-state index is -0.447. The zero-order valence-electron chi connectivity index (χ0n) is 13.0. The van der Waals surface area contributed by atoms with Gasteiger partial charge in [0.2, 0.25) is 0 Å². The van der Waals surface area contributed by atoms with Crippen LogP contribution in [-0.4, -0.2) is 26.4 Å². The Morgan fingerprint density at radius 3 is 1.57 bits per heavy atom. The lowest BCUT2D eigenvalue weighted by molar-refractivity contribution is 0.0760. The van der Waals surface area contributed by atoms with E-state index in [1.54, 1.807) is 26.0 Å². The van der Waals surface area contributed by atoms with Gasteiger partial charge in [-0.1, -0.05) is 0 Å². The molecule has 2 rings (SSSR count). The van der Waals surface area contributed by atoms with Gasteiger partial charge >= 0.3 is 11.3 Å². The quantitative estimate of drug-likeness (QED) is 0.683. The van der Waals surface area contributed by atoms with Gasteiger partial charge in [0, 0.05) is 12.1 Å². The van der Waals surface area contributed by atoms with Crippen molar-refractivity contribution in [2.24, 2.45) is 0 Å². The first kappa shape index (κ1) is 16.8. The summed E-state index contributed by atoms with van der Waals surface area (Å²) in [5.41, 5.74) is -0.895. The van der Waals surface area contributed by atoms with Gasteiger partial charge in [0.05, 0.1) is 25.3 Å². The molecule has 0 aliphatic rings. The Bertz CT molecular complexity index is 681. The average molecular weight is 322 g/mol. The van der Waals surface area contributed by atoms with Crippen LogP contribution < -0.4 is 20.7 Å². The molecule has 0 N–H and O–H groups in total. The largest absolute Gasteiger partial charge is 0.491 e. The number of hydrogen-bond acceptors (Lipinski definition) is 7. The average Bonchev–Trinajstić information content (AvgIpc) is 2.44. The monoisotopic (exact) mass is 322 g/mol. The van der Waals surface area contributed by atoms with Gasteiger partial charge in [0.15, 0.2) is 0 Å². The molecular weight excluding hydrogens is 304 g/mol. The lowest BCUT2D eigenvalue weighted by Crippen LogP contribution is -2.13. The summed E-state index contributed by atoms with van der Waals surface area (Å²) in [6.45, 7) is 4.65. The zero-order valence-corrected chi connectivity index (χ0v) is 13.0. The zero-order chi connectivity index (χ0) is 16.7. The molecule has 0 atom stereocenters. The summed E-state index contributed by atoms with van der Waals surface area (Å²) in [5, 5.41) is 0. The van der Waals surface area contributed by atoms with Crippen LogP contribution in [0.3, 0.4) is 0 Å². The molecule has 0 saturated heterocycles. The highest BCUT2D eigenvalue weighted by molar-refractivity contribution is 5.20. The molecule has 23 heavy (non-hydrogen) atoms. The molecule has 0 saturated carbocycles. The van der Waals surface area contributed by atoms with Crippen LogP contribution in [0.15, 0.2) is 42.7 Å². The molecule has 2 aromatic rings. The Morgan fingerprint density at radius 2 is 1.17 bits per heavy atom. The van der Waals surface area contributed by atoms with Crippen LogP contribution in [0.1, 0.15) is 11.5 Å². The highest BCUT2D eigenvalue weighted by Gasteiger charge is 2.01. The summed E-state index contributed by atoms with van der Waals surface area (Å²) in [7, 11) is 0. The second-order valence-corrected chi connectivity index (χ2v) is 4.75. The van der Waals surface area contributed by atoms with Crippen LogP contribution in [0.25, 0.3) is 0 Å². The van der Waals surface area contributed by atoms with E-state index in [-0.39, 0.29) is 0 Å². The third-order valence-corrected chi connectivity index (χ3v) is 2.73. The molecular formula is C16H18O7. The number of ether oxygens (including phenoxy) is 3. The van der Waals surface area contributed by atoms with Crippen molar-refractivity contribution in [3.63, 3.8) is 0 Å². The van der Waals surface area contributed by atoms with E-state index in [1.807, 2.05) is 0 Å². The maximum absolute atomic E-state index is 11.1. The molecule has 0 unspecified atom stereocenters. The first-order chi connectivity index (χ1) is 11.0. The molecule has 0 bridgehead atoms. The van der Waals surface area contributed by atoms with Crippen molar-refractivity contribution in [2.45, 2.75) is 13.8 Å². The summed E-state index contributed by atoms with van der Waals surface area (Å²) >= 11 is 0. The van der Waals surface area contributed by atoms with Crippen molar-refractivity contribution >= 4 is 0 Å². The molecule has 0 aromatic carbocycles. The van der Waals surface area contributed by atoms with Crippen molar-refractivity contribution < 1.29 is 23.0 Å². The standard InChI is InChI=1S/C16H18O7/c1-11-7-13(9-15(17)22-11)20-5-3-19-4-6-21-14-8-12(2)23-16(18)10-14/h7-10H,3-6H2,1-2H3. The van der Waals surface area contributed by atoms with Crippen LogP contribution >= 0.6 is 0 Å². The molecule has 2 heterocycles. The van der Waals surface area contributed by atoms with Gasteiger partial charge in [-0.25, -0.2) is 9.59 Å². The van der Waals surface area contributed by atoms with E-state index in [1.165, 1.54) is 12.1 Å². The maximum atomic E-state index is 11.1. The third kappa shape index (κ3) is 5.99. The molecule has 7 nitrogen and oxygen atoms in total. The molecule has 124 valence electrons. The van der Waals surface area contributed by atoms with Crippen molar-refractivity contribution in [1.29, 1.82) is 0 Å². The molecule has 2 aromatic heterocycles. The topological polar surface area (TPSA) is 88.1 Å². The molecule has 0 aliphatic carbocycles. The smallest absolute Gasteiger partial charge is 0.339 e. The fraction of sp³-hybridized carbons (Fsp3) is 0.375. The Morgan fingerprint density at radius 1 is 0.739 bits per heavy atom. The normalized spacial score (nSPS) is 10.5. The van der Waals surface area contributed by atoms with E-state index in [4.69, 9.17) is 23.0 Å². The third-order valence-electron chi connectivity index (χ3n) is 2.73. The summed E-state index contributed by atoms with van der Waals surface area (Å²) in [6.07, 6.45) is 0. The Balaban J connectivity index is 1.62. The van der Waals surface area contributed by atoms with Crippen LogP contribution in [0.2, 0.25) is 0 Å². The van der Waals surface area contributed by atoms with Gasteiger partial charge in [0.25, 0.3) is 0 Å². The minimum Gasteiger partial charge on any atom is -0.491 e. The predicted octanol–water partition coefficient (Wildman–Crippen LogP) is 1.68.